The number of aromatic nitrogens is 1. The van der Waals surface area contributed by atoms with E-state index in [0.29, 0.717) is 11.6 Å². The smallest absolute Gasteiger partial charge is 0.146 e. The van der Waals surface area contributed by atoms with Gasteiger partial charge in [-0.05, 0) is 44.5 Å². The fourth-order valence-corrected chi connectivity index (χ4v) is 2.33. The maximum absolute atomic E-state index is 9.09. The van der Waals surface area contributed by atoms with Gasteiger partial charge in [0.1, 0.15) is 11.9 Å². The molecule has 1 aromatic heterocycles. The minimum atomic E-state index is 0.479. The van der Waals surface area contributed by atoms with Gasteiger partial charge < -0.3 is 10.2 Å². The average molecular weight is 230 g/mol. The van der Waals surface area contributed by atoms with Crippen LogP contribution >= 0.6 is 0 Å². The predicted molar refractivity (Wildman–Crippen MR) is 67.9 cm³/mol. The lowest BCUT2D eigenvalue weighted by Gasteiger charge is -2.28. The van der Waals surface area contributed by atoms with E-state index in [0.717, 1.165) is 31.7 Å². The van der Waals surface area contributed by atoms with Crippen molar-refractivity contribution in [1.82, 2.24) is 10.3 Å². The van der Waals surface area contributed by atoms with Gasteiger partial charge >= 0.3 is 0 Å². The molecule has 1 aliphatic rings. The number of pyridine rings is 1. The summed E-state index contributed by atoms with van der Waals surface area (Å²) in [5.74, 6) is 0.807. The lowest BCUT2D eigenvalue weighted by Crippen LogP contribution is -2.33. The topological polar surface area (TPSA) is 52.0 Å². The fraction of sp³-hybridized carbons (Fsp3) is 0.538. The molecule has 0 aromatic carbocycles. The molecule has 1 unspecified atom stereocenters. The number of nitrogens with one attached hydrogen (secondary N) is 1. The third kappa shape index (κ3) is 2.75. The second kappa shape index (κ2) is 5.65. The summed E-state index contributed by atoms with van der Waals surface area (Å²) in [6.45, 7) is 2.14. The number of nitrogens with zero attached hydrogens (tertiary/aromatic N) is 3. The first-order valence-electron chi connectivity index (χ1n) is 6.11. The molecule has 1 saturated heterocycles. The number of hydrogen-bond acceptors (Lipinski definition) is 4. The van der Waals surface area contributed by atoms with Gasteiger partial charge in [-0.3, -0.25) is 0 Å². The van der Waals surface area contributed by atoms with Gasteiger partial charge in [-0.25, -0.2) is 4.98 Å². The summed E-state index contributed by atoms with van der Waals surface area (Å²) in [4.78, 5) is 6.50. The fourth-order valence-electron chi connectivity index (χ4n) is 2.33. The zero-order valence-corrected chi connectivity index (χ0v) is 10.2. The summed E-state index contributed by atoms with van der Waals surface area (Å²) in [7, 11) is 2.04. The Labute approximate surface area is 102 Å². The highest BCUT2D eigenvalue weighted by Gasteiger charge is 2.19. The number of nitriles is 1. The van der Waals surface area contributed by atoms with E-state index in [1.54, 1.807) is 6.20 Å². The molecule has 4 heteroatoms. The van der Waals surface area contributed by atoms with E-state index < -0.39 is 0 Å². The Morgan fingerprint density at radius 3 is 3.18 bits per heavy atom. The maximum Gasteiger partial charge on any atom is 0.146 e. The molecular weight excluding hydrogens is 212 g/mol. The summed E-state index contributed by atoms with van der Waals surface area (Å²) in [5.41, 5.74) is 0.659. The van der Waals surface area contributed by atoms with Gasteiger partial charge in [0.25, 0.3) is 0 Å². The van der Waals surface area contributed by atoms with Crippen molar-refractivity contribution in [3.8, 4) is 6.07 Å². The molecule has 1 aromatic rings. The van der Waals surface area contributed by atoms with Gasteiger partial charge in [0.15, 0.2) is 0 Å². The summed E-state index contributed by atoms with van der Waals surface area (Å²) in [6, 6.07) is 6.33. The molecule has 1 atom stereocenters. The molecule has 0 aliphatic carbocycles. The van der Waals surface area contributed by atoms with Crippen LogP contribution in [-0.2, 0) is 0 Å². The number of hydrogen-bond donors (Lipinski definition) is 1. The van der Waals surface area contributed by atoms with Gasteiger partial charge in [0, 0.05) is 19.3 Å². The Kier molecular flexibility index (Phi) is 3.94. The molecule has 0 bridgehead atoms. The molecular formula is C13H18N4. The second-order valence-corrected chi connectivity index (χ2v) is 4.43. The highest BCUT2D eigenvalue weighted by Crippen LogP contribution is 2.21. The quantitative estimate of drug-likeness (QED) is 0.837. The first kappa shape index (κ1) is 11.9. The van der Waals surface area contributed by atoms with Crippen molar-refractivity contribution in [2.24, 2.45) is 0 Å². The Hall–Kier alpha value is -1.60. The van der Waals surface area contributed by atoms with Crippen molar-refractivity contribution in [3.05, 3.63) is 23.9 Å². The largest absolute Gasteiger partial charge is 0.356 e. The molecule has 0 spiro atoms. The van der Waals surface area contributed by atoms with E-state index in [9.17, 15) is 0 Å². The second-order valence-electron chi connectivity index (χ2n) is 4.43. The Morgan fingerprint density at radius 1 is 1.47 bits per heavy atom. The third-order valence-corrected chi connectivity index (χ3v) is 3.33. The Bertz CT molecular complexity index is 402. The van der Waals surface area contributed by atoms with E-state index in [4.69, 9.17) is 5.26 Å². The van der Waals surface area contributed by atoms with E-state index >= 15 is 0 Å². The molecule has 1 fully saturated rings. The summed E-state index contributed by atoms with van der Waals surface area (Å²) < 4.78 is 0. The van der Waals surface area contributed by atoms with Crippen molar-refractivity contribution >= 4 is 5.82 Å². The lowest BCUT2D eigenvalue weighted by molar-refractivity contribution is 0.562. The van der Waals surface area contributed by atoms with E-state index in [2.05, 4.69) is 21.3 Å². The van der Waals surface area contributed by atoms with Crippen LogP contribution in [0.4, 0.5) is 5.82 Å². The monoisotopic (exact) mass is 230 g/mol. The van der Waals surface area contributed by atoms with E-state index in [1.165, 1.54) is 6.42 Å². The standard InChI is InChI=1S/C13H18N4/c1-17(12-5-3-7-15-9-6-12)13-11(10-14)4-2-8-16-13/h2,4,8,12,15H,3,5-7,9H2,1H3. The minimum absolute atomic E-state index is 0.479. The Balaban J connectivity index is 2.17. The van der Waals surface area contributed by atoms with Crippen molar-refractivity contribution < 1.29 is 0 Å². The Morgan fingerprint density at radius 2 is 2.35 bits per heavy atom. The first-order valence-corrected chi connectivity index (χ1v) is 6.11. The molecule has 17 heavy (non-hydrogen) atoms. The first-order chi connectivity index (χ1) is 8.33. The van der Waals surface area contributed by atoms with Crippen molar-refractivity contribution in [1.29, 1.82) is 5.26 Å². The molecule has 0 amide bonds. The molecule has 4 nitrogen and oxygen atoms in total. The van der Waals surface area contributed by atoms with Crippen LogP contribution in [0.15, 0.2) is 18.3 Å². The van der Waals surface area contributed by atoms with Crippen LogP contribution in [0, 0.1) is 11.3 Å². The number of anilines is 1. The molecule has 2 rings (SSSR count). The van der Waals surface area contributed by atoms with Gasteiger partial charge in [-0.15, -0.1) is 0 Å². The van der Waals surface area contributed by atoms with Gasteiger partial charge in [-0.2, -0.15) is 5.26 Å². The molecule has 2 heterocycles. The molecule has 0 saturated carbocycles. The SMILES string of the molecule is CN(c1ncccc1C#N)C1CCCNCC1. The van der Waals surface area contributed by atoms with Crippen LogP contribution in [0.2, 0.25) is 0 Å². The average Bonchev–Trinajstić information content (AvgIpc) is 2.66. The van der Waals surface area contributed by atoms with Crippen molar-refractivity contribution in [2.45, 2.75) is 25.3 Å². The highest BCUT2D eigenvalue weighted by atomic mass is 15.2. The van der Waals surface area contributed by atoms with Gasteiger partial charge in [0.2, 0.25) is 0 Å². The lowest BCUT2D eigenvalue weighted by atomic mass is 10.1. The zero-order chi connectivity index (χ0) is 12.1. The van der Waals surface area contributed by atoms with Gasteiger partial charge in [-0.1, -0.05) is 0 Å². The van der Waals surface area contributed by atoms with Crippen LogP contribution in [0.5, 0.6) is 0 Å². The number of rotatable bonds is 2. The molecule has 90 valence electrons. The minimum Gasteiger partial charge on any atom is -0.356 e. The normalized spacial score (nSPS) is 20.4. The van der Waals surface area contributed by atoms with Crippen molar-refractivity contribution in [2.75, 3.05) is 25.0 Å². The summed E-state index contributed by atoms with van der Waals surface area (Å²) >= 11 is 0. The molecule has 0 radical (unpaired) electrons. The van der Waals surface area contributed by atoms with Crippen LogP contribution in [0.3, 0.4) is 0 Å². The summed E-state index contributed by atoms with van der Waals surface area (Å²) in [5, 5.41) is 12.5. The van der Waals surface area contributed by atoms with Crippen LogP contribution in [-0.4, -0.2) is 31.2 Å². The van der Waals surface area contributed by atoms with Crippen molar-refractivity contribution in [3.63, 3.8) is 0 Å². The predicted octanol–water partition coefficient (Wildman–Crippen LogP) is 1.53. The van der Waals surface area contributed by atoms with E-state index in [1.807, 2.05) is 19.2 Å². The zero-order valence-electron chi connectivity index (χ0n) is 10.2. The molecule has 1 N–H and O–H groups in total. The maximum atomic E-state index is 9.09. The third-order valence-electron chi connectivity index (χ3n) is 3.33. The van der Waals surface area contributed by atoms with Crippen LogP contribution in [0.25, 0.3) is 0 Å². The van der Waals surface area contributed by atoms with Crippen LogP contribution < -0.4 is 10.2 Å². The van der Waals surface area contributed by atoms with Crippen LogP contribution in [0.1, 0.15) is 24.8 Å². The van der Waals surface area contributed by atoms with Gasteiger partial charge in [0.05, 0.1) is 5.56 Å². The highest BCUT2D eigenvalue weighted by molar-refractivity contribution is 5.53. The molecule has 1 aliphatic heterocycles. The van der Waals surface area contributed by atoms with E-state index in [-0.39, 0.29) is 0 Å². The summed E-state index contributed by atoms with van der Waals surface area (Å²) in [6.07, 6.45) is 5.20.